The first-order chi connectivity index (χ1) is 32.1. The number of fused-ring (bicyclic) bond motifs is 5. The van der Waals surface area contributed by atoms with Crippen LogP contribution in [0.15, 0.2) is 248 Å². The van der Waals surface area contributed by atoms with E-state index in [9.17, 15) is 0 Å². The van der Waals surface area contributed by atoms with Crippen molar-refractivity contribution in [3.05, 3.63) is 243 Å². The summed E-state index contributed by atoms with van der Waals surface area (Å²) >= 11 is 5.00. The molecule has 1 aliphatic rings. The zero-order valence-corrected chi connectivity index (χ0v) is 37.4. The van der Waals surface area contributed by atoms with Crippen molar-refractivity contribution in [3.8, 4) is 50.6 Å². The Hall–Kier alpha value is -7.57. The first-order valence-corrected chi connectivity index (χ1v) is 24.6. The molecule has 0 unspecified atom stereocenters. The van der Waals surface area contributed by atoms with Crippen molar-refractivity contribution in [2.75, 3.05) is 0 Å². The Morgan fingerprint density at radius 1 is 0.385 bits per heavy atom. The van der Waals surface area contributed by atoms with E-state index in [1.807, 2.05) is 6.07 Å². The first kappa shape index (κ1) is 39.1. The lowest BCUT2D eigenvalue weighted by Crippen LogP contribution is -2.74. The lowest BCUT2D eigenvalue weighted by molar-refractivity contribution is 0.488. The van der Waals surface area contributed by atoms with Crippen molar-refractivity contribution in [1.29, 1.82) is 0 Å². The number of thiol groups is 1. The van der Waals surface area contributed by atoms with Gasteiger partial charge in [0.15, 0.2) is 8.07 Å². The lowest BCUT2D eigenvalue weighted by atomic mass is 9.59. The van der Waals surface area contributed by atoms with Gasteiger partial charge in [-0.1, -0.05) is 200 Å². The molecule has 0 N–H and O–H groups in total. The van der Waals surface area contributed by atoms with Gasteiger partial charge in [0.2, 0.25) is 7.28 Å². The van der Waals surface area contributed by atoms with E-state index in [0.717, 1.165) is 66.4 Å². The van der Waals surface area contributed by atoms with E-state index in [2.05, 4.69) is 248 Å². The zero-order valence-electron chi connectivity index (χ0n) is 35.5. The Morgan fingerprint density at radius 2 is 0.908 bits per heavy atom. The minimum atomic E-state index is -2.72. The summed E-state index contributed by atoms with van der Waals surface area (Å²) in [5, 5.41) is 7.85. The molecular formula is C60H41BNOSSi. The quantitative estimate of drug-likeness (QED) is 0.0913. The molecule has 10 aromatic carbocycles. The summed E-state index contributed by atoms with van der Waals surface area (Å²) in [7, 11) is -0.440. The number of hydrogen-bond acceptors (Lipinski definition) is 2. The highest BCUT2D eigenvalue weighted by Gasteiger charge is 2.41. The van der Waals surface area contributed by atoms with Gasteiger partial charge in [-0.3, -0.25) is 0 Å². The maximum absolute atomic E-state index is 7.13. The molecule has 0 fully saturated rings. The summed E-state index contributed by atoms with van der Waals surface area (Å²) in [6.45, 7) is 0. The Bertz CT molecular complexity index is 3420. The maximum Gasteiger partial charge on any atom is 0.202 e. The summed E-state index contributed by atoms with van der Waals surface area (Å²) in [5.74, 6) is 1.64. The molecule has 2 heterocycles. The largest absolute Gasteiger partial charge is 0.458 e. The molecule has 2 nitrogen and oxygen atoms in total. The molecule has 65 heavy (non-hydrogen) atoms. The molecule has 0 atom stereocenters. The molecule has 0 amide bonds. The first-order valence-electron chi connectivity index (χ1n) is 22.1. The molecule has 0 saturated carbocycles. The van der Waals surface area contributed by atoms with Crippen molar-refractivity contribution < 1.29 is 4.74 Å². The van der Waals surface area contributed by atoms with E-state index >= 15 is 0 Å². The number of rotatable bonds is 8. The van der Waals surface area contributed by atoms with Crippen molar-refractivity contribution in [2.24, 2.45) is 0 Å². The fourth-order valence-corrected chi connectivity index (χ4v) is 15.3. The van der Waals surface area contributed by atoms with Crippen LogP contribution in [0.5, 0.6) is 11.5 Å². The number of para-hydroxylation sites is 3. The Morgan fingerprint density at radius 3 is 1.55 bits per heavy atom. The molecule has 0 aliphatic carbocycles. The topological polar surface area (TPSA) is 14.2 Å². The Balaban J connectivity index is 1.000. The second kappa shape index (κ2) is 16.2. The third-order valence-corrected chi connectivity index (χ3v) is 18.3. The summed E-state index contributed by atoms with van der Waals surface area (Å²) in [4.78, 5) is 0.915. The van der Waals surface area contributed by atoms with Crippen molar-refractivity contribution >= 4 is 81.5 Å². The minimum absolute atomic E-state index is 0.813. The van der Waals surface area contributed by atoms with Gasteiger partial charge in [-0.15, -0.1) is 12.6 Å². The summed E-state index contributed by atoms with van der Waals surface area (Å²) in [6, 6.07) is 88.2. The van der Waals surface area contributed by atoms with Gasteiger partial charge in [-0.25, -0.2) is 0 Å². The SMILES string of the molecule is Sc1ccccc1-c1cc(-c2ccccc2-n2c3ccccc3c3ccccc32)cc2c1[B]c1ccc(-c3cccc([Si](c4ccccc4)(c4ccccc4)c4ccccc4)c3)cc1O2. The molecule has 0 saturated heterocycles. The van der Waals surface area contributed by atoms with Gasteiger partial charge in [0, 0.05) is 21.2 Å². The molecule has 1 radical (unpaired) electrons. The molecular weight excluding hydrogens is 822 g/mol. The van der Waals surface area contributed by atoms with Crippen LogP contribution in [0.3, 0.4) is 0 Å². The second-order valence-electron chi connectivity index (χ2n) is 16.8. The van der Waals surface area contributed by atoms with Crippen LogP contribution >= 0.6 is 12.6 Å². The molecule has 1 aliphatic heterocycles. The highest BCUT2D eigenvalue weighted by atomic mass is 32.1. The summed E-state index contributed by atoms with van der Waals surface area (Å²) in [6.07, 6.45) is 0. The van der Waals surface area contributed by atoms with Gasteiger partial charge in [0.1, 0.15) is 11.5 Å². The fourth-order valence-electron chi connectivity index (χ4n) is 10.2. The Kier molecular flexibility index (Phi) is 9.74. The van der Waals surface area contributed by atoms with Crippen LogP contribution in [0.2, 0.25) is 0 Å². The summed E-state index contributed by atoms with van der Waals surface area (Å²) in [5.41, 5.74) is 12.1. The van der Waals surface area contributed by atoms with E-state index < -0.39 is 8.07 Å². The third kappa shape index (κ3) is 6.58. The smallest absolute Gasteiger partial charge is 0.202 e. The number of hydrogen-bond donors (Lipinski definition) is 1. The molecule has 0 bridgehead atoms. The maximum atomic E-state index is 7.13. The van der Waals surface area contributed by atoms with Gasteiger partial charge < -0.3 is 9.30 Å². The highest BCUT2D eigenvalue weighted by molar-refractivity contribution is 7.80. The van der Waals surface area contributed by atoms with Crippen LogP contribution in [0.4, 0.5) is 0 Å². The van der Waals surface area contributed by atoms with Gasteiger partial charge in [-0.2, -0.15) is 0 Å². The van der Waals surface area contributed by atoms with Crippen molar-refractivity contribution in [2.45, 2.75) is 4.90 Å². The van der Waals surface area contributed by atoms with Gasteiger partial charge in [0.25, 0.3) is 0 Å². The third-order valence-electron chi connectivity index (χ3n) is 13.2. The minimum Gasteiger partial charge on any atom is -0.458 e. The normalized spacial score (nSPS) is 12.0. The van der Waals surface area contributed by atoms with Gasteiger partial charge in [0.05, 0.1) is 16.7 Å². The molecule has 11 aromatic rings. The average molecular weight is 863 g/mol. The number of ether oxygens (including phenoxy) is 1. The Labute approximate surface area is 386 Å². The van der Waals surface area contributed by atoms with Crippen molar-refractivity contribution in [3.63, 3.8) is 0 Å². The highest BCUT2D eigenvalue weighted by Crippen LogP contribution is 2.40. The number of benzene rings is 10. The standard InChI is InChI=1S/C60H41BNOSSi/c64-59-34-17-13-30-51(59)52-38-43(48-27-10-14-31-54(48)62-55-32-15-11-28-49(55)50-29-12-16-33-56(50)62)40-58-60(52)61-53-36-35-42(39-57(53)63-58)41-19-18-26-47(37-41)65(44-20-4-1-5-21-44,45-22-6-2-7-23-45)46-24-8-3-9-25-46/h1-40,64H. The van der Waals surface area contributed by atoms with E-state index in [1.54, 1.807) is 0 Å². The average Bonchev–Trinajstić information content (AvgIpc) is 3.71. The predicted octanol–water partition coefficient (Wildman–Crippen LogP) is 11.2. The molecule has 305 valence electrons. The van der Waals surface area contributed by atoms with E-state index in [1.165, 1.54) is 42.6 Å². The predicted molar refractivity (Wildman–Crippen MR) is 279 cm³/mol. The van der Waals surface area contributed by atoms with Crippen LogP contribution in [-0.4, -0.2) is 19.9 Å². The number of aromatic nitrogens is 1. The van der Waals surface area contributed by atoms with Crippen LogP contribution in [-0.2, 0) is 0 Å². The van der Waals surface area contributed by atoms with Gasteiger partial charge >= 0.3 is 0 Å². The van der Waals surface area contributed by atoms with Gasteiger partial charge in [-0.05, 0) is 102 Å². The molecule has 1 aromatic heterocycles. The van der Waals surface area contributed by atoms with Crippen molar-refractivity contribution in [1.82, 2.24) is 4.57 Å². The van der Waals surface area contributed by atoms with E-state index in [-0.39, 0.29) is 0 Å². The van der Waals surface area contributed by atoms with Crippen LogP contribution in [0.25, 0.3) is 60.9 Å². The molecule has 12 rings (SSSR count). The second-order valence-corrected chi connectivity index (χ2v) is 21.1. The van der Waals surface area contributed by atoms with E-state index in [4.69, 9.17) is 17.4 Å². The number of nitrogens with zero attached hydrogens (tertiary/aromatic N) is 1. The lowest BCUT2D eigenvalue weighted by Gasteiger charge is -2.34. The monoisotopic (exact) mass is 862 g/mol. The molecule has 5 heteroatoms. The van der Waals surface area contributed by atoms with Crippen LogP contribution in [0.1, 0.15) is 0 Å². The zero-order chi connectivity index (χ0) is 43.3. The molecule has 0 spiro atoms. The summed E-state index contributed by atoms with van der Waals surface area (Å²) < 4.78 is 9.53. The van der Waals surface area contributed by atoms with Crippen LogP contribution < -0.4 is 36.4 Å². The van der Waals surface area contributed by atoms with Crippen LogP contribution in [0, 0.1) is 0 Å². The van der Waals surface area contributed by atoms with E-state index in [0.29, 0.717) is 0 Å². The fraction of sp³-hybridized carbons (Fsp3) is 0.